The van der Waals surface area contributed by atoms with Crippen LogP contribution >= 0.6 is 0 Å². The molecule has 3 heteroatoms. The highest BCUT2D eigenvalue weighted by Gasteiger charge is 2.04. The molecule has 0 aromatic rings. The highest BCUT2D eigenvalue weighted by atomic mass is 15.0. The Bertz CT molecular complexity index is 224. The maximum absolute atomic E-state index is 5.67. The van der Waals surface area contributed by atoms with E-state index in [2.05, 4.69) is 18.0 Å². The van der Waals surface area contributed by atoms with Gasteiger partial charge in [-0.25, -0.2) is 4.99 Å². The molecule has 0 aromatic heterocycles. The molecule has 66 valence electrons. The van der Waals surface area contributed by atoms with E-state index in [-0.39, 0.29) is 6.17 Å². The van der Waals surface area contributed by atoms with E-state index in [9.17, 15) is 0 Å². The second-order valence-electron chi connectivity index (χ2n) is 3.10. The Morgan fingerprint density at radius 3 is 2.75 bits per heavy atom. The van der Waals surface area contributed by atoms with Gasteiger partial charge in [-0.3, -0.25) is 0 Å². The summed E-state index contributed by atoms with van der Waals surface area (Å²) in [6, 6.07) is 0. The van der Waals surface area contributed by atoms with Gasteiger partial charge in [0.1, 0.15) is 12.0 Å². The van der Waals surface area contributed by atoms with Crippen LogP contribution in [0.4, 0.5) is 0 Å². The second-order valence-corrected chi connectivity index (χ2v) is 3.10. The van der Waals surface area contributed by atoms with Crippen molar-refractivity contribution < 1.29 is 0 Å². The van der Waals surface area contributed by atoms with Crippen molar-refractivity contribution in [2.24, 2.45) is 22.4 Å². The third kappa shape index (κ3) is 2.20. The first-order valence-electron chi connectivity index (χ1n) is 4.05. The average Bonchev–Trinajstić information content (AvgIpc) is 1.99. The van der Waals surface area contributed by atoms with Crippen molar-refractivity contribution in [1.29, 1.82) is 0 Å². The van der Waals surface area contributed by atoms with Gasteiger partial charge in [0, 0.05) is 0 Å². The summed E-state index contributed by atoms with van der Waals surface area (Å²) in [4.78, 5) is 4.07. The first-order valence-corrected chi connectivity index (χ1v) is 4.05. The molecule has 3 nitrogen and oxygen atoms in total. The minimum Gasteiger partial charge on any atom is -0.384 e. The van der Waals surface area contributed by atoms with Crippen molar-refractivity contribution in [3.63, 3.8) is 0 Å². The largest absolute Gasteiger partial charge is 0.384 e. The summed E-state index contributed by atoms with van der Waals surface area (Å²) in [7, 11) is 0. The topological polar surface area (TPSA) is 64.4 Å². The van der Waals surface area contributed by atoms with Gasteiger partial charge in [-0.1, -0.05) is 19.1 Å². The minimum absolute atomic E-state index is 0.295. The molecule has 1 heterocycles. The fraction of sp³-hybridized carbons (Fsp3) is 0.444. The Balaban J connectivity index is 2.97. The van der Waals surface area contributed by atoms with Gasteiger partial charge < -0.3 is 11.5 Å². The average molecular weight is 165 g/mol. The summed E-state index contributed by atoms with van der Waals surface area (Å²) in [5, 5.41) is 0. The number of allylic oxidation sites excluding steroid dienone is 2. The van der Waals surface area contributed by atoms with Gasteiger partial charge in [0.05, 0.1) is 0 Å². The van der Waals surface area contributed by atoms with E-state index < -0.39 is 0 Å². The fourth-order valence-corrected chi connectivity index (χ4v) is 1.13. The van der Waals surface area contributed by atoms with Crippen LogP contribution in [0.25, 0.3) is 0 Å². The summed E-state index contributed by atoms with van der Waals surface area (Å²) >= 11 is 0. The Morgan fingerprint density at radius 2 is 2.08 bits per heavy atom. The van der Waals surface area contributed by atoms with Gasteiger partial charge in [0.15, 0.2) is 0 Å². The number of nitrogens with zero attached hydrogens (tertiary/aromatic N) is 1. The molecule has 1 aliphatic heterocycles. The van der Waals surface area contributed by atoms with Crippen LogP contribution in [0.1, 0.15) is 13.8 Å². The zero-order chi connectivity index (χ0) is 9.14. The van der Waals surface area contributed by atoms with Crippen LogP contribution in [0, 0.1) is 5.92 Å². The summed E-state index contributed by atoms with van der Waals surface area (Å²) in [5.74, 6) is 0.920. The lowest BCUT2D eigenvalue weighted by molar-refractivity contribution is 0.835. The monoisotopic (exact) mass is 165 g/mol. The van der Waals surface area contributed by atoms with Gasteiger partial charge in [-0.15, -0.1) is 0 Å². The van der Waals surface area contributed by atoms with Crippen molar-refractivity contribution >= 4 is 5.84 Å². The van der Waals surface area contributed by atoms with E-state index in [0.717, 1.165) is 5.57 Å². The molecule has 0 spiro atoms. The maximum atomic E-state index is 5.67. The third-order valence-electron chi connectivity index (χ3n) is 1.82. The maximum Gasteiger partial charge on any atom is 0.123 e. The SMILES string of the molecule is CC1=CC(C)/C=C\C(N)N=C1N. The molecular formula is C9H15N3. The molecule has 0 radical (unpaired) electrons. The zero-order valence-electron chi connectivity index (χ0n) is 7.49. The van der Waals surface area contributed by atoms with E-state index in [1.54, 1.807) is 0 Å². The van der Waals surface area contributed by atoms with Crippen molar-refractivity contribution in [3.8, 4) is 0 Å². The van der Waals surface area contributed by atoms with Crippen LogP contribution in [-0.4, -0.2) is 12.0 Å². The van der Waals surface area contributed by atoms with Crippen LogP contribution in [0.5, 0.6) is 0 Å². The number of amidine groups is 1. The number of hydrogen-bond acceptors (Lipinski definition) is 3. The normalized spacial score (nSPS) is 32.9. The number of nitrogens with two attached hydrogens (primary N) is 2. The quantitative estimate of drug-likeness (QED) is 0.521. The van der Waals surface area contributed by atoms with Crippen LogP contribution in [0.2, 0.25) is 0 Å². The summed E-state index contributed by atoms with van der Waals surface area (Å²) in [5.41, 5.74) is 12.3. The summed E-state index contributed by atoms with van der Waals surface area (Å²) < 4.78 is 0. The van der Waals surface area contributed by atoms with Gasteiger partial charge in [0.25, 0.3) is 0 Å². The Morgan fingerprint density at radius 1 is 1.42 bits per heavy atom. The Hall–Kier alpha value is -1.09. The molecule has 2 atom stereocenters. The first kappa shape index (κ1) is 9.00. The van der Waals surface area contributed by atoms with Crippen LogP contribution in [0.15, 0.2) is 28.8 Å². The van der Waals surface area contributed by atoms with E-state index in [1.807, 2.05) is 19.1 Å². The highest BCUT2D eigenvalue weighted by Crippen LogP contribution is 2.08. The van der Waals surface area contributed by atoms with E-state index in [4.69, 9.17) is 11.5 Å². The van der Waals surface area contributed by atoms with Crippen molar-refractivity contribution in [2.75, 3.05) is 0 Å². The fourth-order valence-electron chi connectivity index (χ4n) is 1.13. The molecule has 0 fully saturated rings. The summed E-state index contributed by atoms with van der Waals surface area (Å²) in [6.07, 6.45) is 5.67. The predicted octanol–water partition coefficient (Wildman–Crippen LogP) is 0.781. The lowest BCUT2D eigenvalue weighted by Crippen LogP contribution is -2.23. The third-order valence-corrected chi connectivity index (χ3v) is 1.82. The molecule has 0 saturated carbocycles. The van der Waals surface area contributed by atoms with E-state index in [1.165, 1.54) is 0 Å². The molecule has 0 amide bonds. The molecule has 0 aliphatic carbocycles. The predicted molar refractivity (Wildman–Crippen MR) is 51.7 cm³/mol. The number of aliphatic imine (C=N–C) groups is 1. The van der Waals surface area contributed by atoms with Crippen molar-refractivity contribution in [3.05, 3.63) is 23.8 Å². The van der Waals surface area contributed by atoms with Crippen molar-refractivity contribution in [2.45, 2.75) is 20.0 Å². The molecule has 0 saturated heterocycles. The molecule has 2 unspecified atom stereocenters. The standard InChI is InChI=1S/C9H15N3/c1-6-3-4-8(10)12-9(11)7(2)5-6/h3-6,8H,10H2,1-2H3,(H2,11,12)/b4-3-,7-5?. The highest BCUT2D eigenvalue weighted by molar-refractivity contribution is 5.96. The van der Waals surface area contributed by atoms with Crippen molar-refractivity contribution in [1.82, 2.24) is 0 Å². The molecule has 4 N–H and O–H groups in total. The Kier molecular flexibility index (Phi) is 2.65. The molecule has 0 aromatic carbocycles. The molecule has 1 rings (SSSR count). The zero-order valence-corrected chi connectivity index (χ0v) is 7.49. The molecule has 12 heavy (non-hydrogen) atoms. The van der Waals surface area contributed by atoms with Gasteiger partial charge in [-0.2, -0.15) is 0 Å². The van der Waals surface area contributed by atoms with Gasteiger partial charge >= 0.3 is 0 Å². The first-order chi connectivity index (χ1) is 5.59. The lowest BCUT2D eigenvalue weighted by Gasteiger charge is -2.10. The molecular weight excluding hydrogens is 150 g/mol. The second kappa shape index (κ2) is 3.54. The molecule has 1 aliphatic rings. The van der Waals surface area contributed by atoms with Gasteiger partial charge in [-0.05, 0) is 24.5 Å². The smallest absolute Gasteiger partial charge is 0.123 e. The summed E-state index contributed by atoms with van der Waals surface area (Å²) in [6.45, 7) is 4.03. The lowest BCUT2D eigenvalue weighted by atomic mass is 10.1. The van der Waals surface area contributed by atoms with E-state index in [0.29, 0.717) is 11.8 Å². The number of hydrogen-bond donors (Lipinski definition) is 2. The van der Waals surface area contributed by atoms with Crippen LogP contribution in [0.3, 0.4) is 0 Å². The minimum atomic E-state index is -0.295. The van der Waals surface area contributed by atoms with E-state index >= 15 is 0 Å². The number of rotatable bonds is 0. The Labute approximate surface area is 72.8 Å². The van der Waals surface area contributed by atoms with Gasteiger partial charge in [0.2, 0.25) is 0 Å². The molecule has 0 bridgehead atoms. The van der Waals surface area contributed by atoms with Crippen LogP contribution in [-0.2, 0) is 0 Å². The van der Waals surface area contributed by atoms with Crippen LogP contribution < -0.4 is 11.5 Å².